The molecule has 0 aliphatic heterocycles. The molecule has 6 heteroatoms. The van der Waals surface area contributed by atoms with Crippen LogP contribution in [0.25, 0.3) is 17.2 Å². The van der Waals surface area contributed by atoms with Gasteiger partial charge in [-0.05, 0) is 44.5 Å². The Morgan fingerprint density at radius 2 is 1.88 bits per heavy atom. The summed E-state index contributed by atoms with van der Waals surface area (Å²) in [5.41, 5.74) is 5.19. The van der Waals surface area contributed by atoms with Crippen LogP contribution >= 0.6 is 0 Å². The molecule has 3 aromatic heterocycles. The van der Waals surface area contributed by atoms with E-state index in [0.717, 1.165) is 22.8 Å². The molecular weight excluding hydrogens is 312 g/mol. The number of aromatic nitrogens is 5. The maximum atomic E-state index is 4.61. The Bertz CT molecular complexity index is 1050. The number of aryl methyl sites for hydroxylation is 3. The molecule has 0 saturated heterocycles. The molecule has 6 nitrogen and oxygen atoms in total. The molecule has 0 unspecified atom stereocenters. The Morgan fingerprint density at radius 3 is 2.64 bits per heavy atom. The number of fused-ring (bicyclic) bond motifs is 1. The van der Waals surface area contributed by atoms with Crippen LogP contribution in [-0.2, 0) is 0 Å². The molecule has 0 bridgehead atoms. The van der Waals surface area contributed by atoms with Gasteiger partial charge in [0.15, 0.2) is 5.82 Å². The van der Waals surface area contributed by atoms with Gasteiger partial charge >= 0.3 is 0 Å². The van der Waals surface area contributed by atoms with Gasteiger partial charge in [0, 0.05) is 35.4 Å². The molecule has 1 aromatic carbocycles. The lowest BCUT2D eigenvalue weighted by molar-refractivity contribution is 0.939. The average molecular weight is 330 g/mol. The van der Waals surface area contributed by atoms with Crippen LogP contribution in [0.2, 0.25) is 0 Å². The van der Waals surface area contributed by atoms with Crippen molar-refractivity contribution in [3.05, 3.63) is 65.6 Å². The zero-order chi connectivity index (χ0) is 17.4. The van der Waals surface area contributed by atoms with Gasteiger partial charge in [0.25, 0.3) is 5.78 Å². The van der Waals surface area contributed by atoms with E-state index in [1.165, 1.54) is 11.1 Å². The molecule has 0 amide bonds. The summed E-state index contributed by atoms with van der Waals surface area (Å²) in [5.74, 6) is 2.00. The first kappa shape index (κ1) is 15.3. The smallest absolute Gasteiger partial charge is 0.254 e. The van der Waals surface area contributed by atoms with E-state index in [4.69, 9.17) is 0 Å². The topological polar surface area (TPSA) is 68.0 Å². The summed E-state index contributed by atoms with van der Waals surface area (Å²) in [6.45, 7) is 6.12. The predicted octanol–water partition coefficient (Wildman–Crippen LogP) is 3.86. The van der Waals surface area contributed by atoms with Crippen LogP contribution in [0.3, 0.4) is 0 Å². The highest BCUT2D eigenvalue weighted by Crippen LogP contribution is 2.23. The Morgan fingerprint density at radius 1 is 1.00 bits per heavy atom. The molecular formula is C19H18N6. The third-order valence-corrected chi connectivity index (χ3v) is 4.00. The van der Waals surface area contributed by atoms with Gasteiger partial charge in [-0.25, -0.2) is 4.98 Å². The van der Waals surface area contributed by atoms with E-state index in [9.17, 15) is 0 Å². The fourth-order valence-corrected chi connectivity index (χ4v) is 2.79. The van der Waals surface area contributed by atoms with Crippen molar-refractivity contribution < 1.29 is 0 Å². The van der Waals surface area contributed by atoms with Gasteiger partial charge in [-0.3, -0.25) is 4.98 Å². The zero-order valence-corrected chi connectivity index (χ0v) is 14.4. The Labute approximate surface area is 145 Å². The van der Waals surface area contributed by atoms with Gasteiger partial charge in [-0.1, -0.05) is 17.7 Å². The number of nitrogens with one attached hydrogen (secondary N) is 1. The first-order chi connectivity index (χ1) is 12.1. The molecule has 124 valence electrons. The third-order valence-electron chi connectivity index (χ3n) is 4.00. The highest BCUT2D eigenvalue weighted by atomic mass is 15.4. The van der Waals surface area contributed by atoms with E-state index < -0.39 is 0 Å². The van der Waals surface area contributed by atoms with Crippen molar-refractivity contribution in [1.29, 1.82) is 0 Å². The number of nitrogens with zero attached hydrogens (tertiary/aromatic N) is 5. The van der Waals surface area contributed by atoms with E-state index in [-0.39, 0.29) is 0 Å². The van der Waals surface area contributed by atoms with Crippen LogP contribution < -0.4 is 5.32 Å². The van der Waals surface area contributed by atoms with E-state index in [2.05, 4.69) is 57.4 Å². The molecule has 0 radical (unpaired) electrons. The van der Waals surface area contributed by atoms with Crippen molar-refractivity contribution in [1.82, 2.24) is 24.6 Å². The maximum absolute atomic E-state index is 4.61. The first-order valence-corrected chi connectivity index (χ1v) is 8.09. The summed E-state index contributed by atoms with van der Waals surface area (Å²) >= 11 is 0. The van der Waals surface area contributed by atoms with Gasteiger partial charge < -0.3 is 5.32 Å². The SMILES string of the molecule is Cc1ccc(Nc2cc(C)nc3nc(-c4cccnc4)nn23)c(C)c1. The van der Waals surface area contributed by atoms with Crippen LogP contribution in [0.15, 0.2) is 48.8 Å². The highest BCUT2D eigenvalue weighted by molar-refractivity contribution is 5.64. The summed E-state index contributed by atoms with van der Waals surface area (Å²) in [6, 6.07) is 12.1. The van der Waals surface area contributed by atoms with Gasteiger partial charge in [-0.2, -0.15) is 9.50 Å². The average Bonchev–Trinajstić information content (AvgIpc) is 3.02. The fourth-order valence-electron chi connectivity index (χ4n) is 2.79. The van der Waals surface area contributed by atoms with E-state index in [1.807, 2.05) is 25.1 Å². The number of hydrogen-bond acceptors (Lipinski definition) is 5. The van der Waals surface area contributed by atoms with Crippen molar-refractivity contribution in [3.63, 3.8) is 0 Å². The number of hydrogen-bond donors (Lipinski definition) is 1. The van der Waals surface area contributed by atoms with Gasteiger partial charge in [0.05, 0.1) is 0 Å². The molecule has 0 aliphatic carbocycles. The minimum Gasteiger partial charge on any atom is -0.340 e. The van der Waals surface area contributed by atoms with Crippen LogP contribution in [0, 0.1) is 20.8 Å². The highest BCUT2D eigenvalue weighted by Gasteiger charge is 2.12. The molecule has 1 N–H and O–H groups in total. The zero-order valence-electron chi connectivity index (χ0n) is 14.4. The largest absolute Gasteiger partial charge is 0.340 e. The molecule has 25 heavy (non-hydrogen) atoms. The third kappa shape index (κ3) is 2.94. The summed E-state index contributed by atoms with van der Waals surface area (Å²) in [4.78, 5) is 13.2. The van der Waals surface area contributed by atoms with Gasteiger partial charge in [-0.15, -0.1) is 5.10 Å². The lowest BCUT2D eigenvalue weighted by atomic mass is 10.1. The quantitative estimate of drug-likeness (QED) is 0.618. The molecule has 0 fully saturated rings. The molecule has 3 heterocycles. The summed E-state index contributed by atoms with van der Waals surface area (Å²) in [5, 5.41) is 8.06. The second-order valence-corrected chi connectivity index (χ2v) is 6.12. The minimum absolute atomic E-state index is 0.561. The second kappa shape index (κ2) is 5.98. The number of pyridine rings is 1. The van der Waals surface area contributed by atoms with Crippen molar-refractivity contribution in [2.45, 2.75) is 20.8 Å². The van der Waals surface area contributed by atoms with Crippen LogP contribution in [-0.4, -0.2) is 24.6 Å². The first-order valence-electron chi connectivity index (χ1n) is 8.09. The molecule has 4 aromatic rings. The number of benzene rings is 1. The van der Waals surface area contributed by atoms with Crippen LogP contribution in [0.4, 0.5) is 11.5 Å². The molecule has 0 aliphatic rings. The predicted molar refractivity (Wildman–Crippen MR) is 97.9 cm³/mol. The standard InChI is InChI=1S/C19H18N6/c1-12-6-7-16(13(2)9-12)22-17-10-14(3)21-19-23-18(24-25(17)19)15-5-4-8-20-11-15/h4-11,22H,1-3H3. The van der Waals surface area contributed by atoms with E-state index in [0.29, 0.717) is 11.6 Å². The molecule has 4 rings (SSSR count). The van der Waals surface area contributed by atoms with Crippen molar-refractivity contribution in [3.8, 4) is 11.4 Å². The lowest BCUT2D eigenvalue weighted by Gasteiger charge is -2.11. The number of rotatable bonds is 3. The molecule has 0 saturated carbocycles. The Hall–Kier alpha value is -3.28. The second-order valence-electron chi connectivity index (χ2n) is 6.12. The summed E-state index contributed by atoms with van der Waals surface area (Å²) in [7, 11) is 0. The van der Waals surface area contributed by atoms with Gasteiger partial charge in [0.2, 0.25) is 0 Å². The van der Waals surface area contributed by atoms with Crippen LogP contribution in [0.5, 0.6) is 0 Å². The molecule has 0 spiro atoms. The normalized spacial score (nSPS) is 11.0. The van der Waals surface area contributed by atoms with Crippen molar-refractivity contribution in [2.75, 3.05) is 5.32 Å². The lowest BCUT2D eigenvalue weighted by Crippen LogP contribution is -2.03. The number of anilines is 2. The summed E-state index contributed by atoms with van der Waals surface area (Å²) < 4.78 is 1.73. The van der Waals surface area contributed by atoms with Crippen molar-refractivity contribution >= 4 is 17.3 Å². The fraction of sp³-hybridized carbons (Fsp3) is 0.158. The van der Waals surface area contributed by atoms with Crippen molar-refractivity contribution in [2.24, 2.45) is 0 Å². The summed E-state index contributed by atoms with van der Waals surface area (Å²) in [6.07, 6.45) is 3.48. The van der Waals surface area contributed by atoms with E-state index >= 15 is 0 Å². The van der Waals surface area contributed by atoms with E-state index in [1.54, 1.807) is 16.9 Å². The molecule has 0 atom stereocenters. The maximum Gasteiger partial charge on any atom is 0.254 e. The Balaban J connectivity index is 1.82. The van der Waals surface area contributed by atoms with Crippen LogP contribution in [0.1, 0.15) is 16.8 Å². The minimum atomic E-state index is 0.561. The Kier molecular flexibility index (Phi) is 3.65. The van der Waals surface area contributed by atoms with Gasteiger partial charge in [0.1, 0.15) is 5.82 Å². The monoisotopic (exact) mass is 330 g/mol.